The summed E-state index contributed by atoms with van der Waals surface area (Å²) in [6, 6.07) is 12.7. The number of fused-ring (bicyclic) bond motifs is 1. The number of aryl methyl sites for hydroxylation is 1. The number of hydrogen-bond donors (Lipinski definition) is 1. The van der Waals surface area contributed by atoms with Gasteiger partial charge in [0.25, 0.3) is 0 Å². The van der Waals surface area contributed by atoms with Gasteiger partial charge in [0.15, 0.2) is 0 Å². The zero-order valence-electron chi connectivity index (χ0n) is 13.4. The van der Waals surface area contributed by atoms with E-state index in [0.29, 0.717) is 22.9 Å². The first-order chi connectivity index (χ1) is 12.2. The van der Waals surface area contributed by atoms with Crippen LogP contribution in [0.4, 0.5) is 0 Å². The highest BCUT2D eigenvalue weighted by atomic mass is 16.5. The lowest BCUT2D eigenvalue weighted by Crippen LogP contribution is -2.07. The van der Waals surface area contributed by atoms with Crippen molar-refractivity contribution in [3.63, 3.8) is 0 Å². The number of aromatic nitrogens is 4. The molecule has 4 rings (SSSR count). The number of aromatic amines is 1. The lowest BCUT2D eigenvalue weighted by Gasteiger charge is -2.08. The lowest BCUT2D eigenvalue weighted by molar-refractivity contribution is 0.0475. The molecule has 0 saturated heterocycles. The van der Waals surface area contributed by atoms with Gasteiger partial charge in [0.2, 0.25) is 11.8 Å². The molecular weight excluding hydrogens is 320 g/mol. The Morgan fingerprint density at radius 2 is 2.04 bits per heavy atom. The largest absolute Gasteiger partial charge is 0.457 e. The van der Waals surface area contributed by atoms with Crippen molar-refractivity contribution in [1.29, 1.82) is 0 Å². The molecule has 7 heteroatoms. The summed E-state index contributed by atoms with van der Waals surface area (Å²) in [6.07, 6.45) is 1.73. The number of nitrogens with one attached hydrogen (secondary N) is 1. The number of para-hydroxylation sites is 1. The normalized spacial score (nSPS) is 10.9. The number of benzene rings is 2. The van der Waals surface area contributed by atoms with Crippen LogP contribution < -0.4 is 0 Å². The molecule has 7 nitrogen and oxygen atoms in total. The Labute approximate surface area is 142 Å². The van der Waals surface area contributed by atoms with Gasteiger partial charge in [-0.3, -0.25) is 5.10 Å². The summed E-state index contributed by atoms with van der Waals surface area (Å²) < 4.78 is 10.9. The number of carbonyl (C=O) groups excluding carboxylic acids is 1. The number of carbonyl (C=O) groups is 1. The van der Waals surface area contributed by atoms with Crippen molar-refractivity contribution in [2.45, 2.75) is 13.5 Å². The van der Waals surface area contributed by atoms with Crippen LogP contribution in [-0.4, -0.2) is 26.4 Å². The monoisotopic (exact) mass is 334 g/mol. The smallest absolute Gasteiger partial charge is 0.339 e. The van der Waals surface area contributed by atoms with Gasteiger partial charge in [-0.25, -0.2) is 4.79 Å². The van der Waals surface area contributed by atoms with E-state index < -0.39 is 5.97 Å². The Balaban J connectivity index is 1.59. The van der Waals surface area contributed by atoms with Gasteiger partial charge in [0.05, 0.1) is 22.8 Å². The predicted octanol–water partition coefficient (Wildman–Crippen LogP) is 3.28. The summed E-state index contributed by atoms with van der Waals surface area (Å²) in [7, 11) is 0. The number of nitrogens with zero attached hydrogens (tertiary/aromatic N) is 3. The molecule has 2 aromatic heterocycles. The molecule has 1 N–H and O–H groups in total. The van der Waals surface area contributed by atoms with Gasteiger partial charge in [0.1, 0.15) is 6.61 Å². The Morgan fingerprint density at radius 1 is 1.16 bits per heavy atom. The zero-order chi connectivity index (χ0) is 17.2. The first kappa shape index (κ1) is 15.1. The topological polar surface area (TPSA) is 93.9 Å². The fraction of sp³-hybridized carbons (Fsp3) is 0.111. The Kier molecular flexibility index (Phi) is 3.74. The maximum atomic E-state index is 12.6. The van der Waals surface area contributed by atoms with E-state index in [4.69, 9.17) is 9.15 Å². The molecule has 0 unspecified atom stereocenters. The van der Waals surface area contributed by atoms with E-state index in [1.54, 1.807) is 37.4 Å². The maximum Gasteiger partial charge on any atom is 0.339 e. The fourth-order valence-corrected chi connectivity index (χ4v) is 2.62. The Bertz CT molecular complexity index is 1050. The molecular formula is C18H14N4O3. The van der Waals surface area contributed by atoms with E-state index in [0.717, 1.165) is 16.5 Å². The van der Waals surface area contributed by atoms with Crippen LogP contribution >= 0.6 is 0 Å². The van der Waals surface area contributed by atoms with Crippen LogP contribution in [0.2, 0.25) is 0 Å². The van der Waals surface area contributed by atoms with Crippen molar-refractivity contribution in [2.75, 3.05) is 0 Å². The molecule has 0 bridgehead atoms. The van der Waals surface area contributed by atoms with Crippen LogP contribution in [-0.2, 0) is 11.3 Å². The molecule has 0 fully saturated rings. The zero-order valence-corrected chi connectivity index (χ0v) is 13.4. The van der Waals surface area contributed by atoms with E-state index in [9.17, 15) is 4.79 Å². The van der Waals surface area contributed by atoms with E-state index in [2.05, 4.69) is 20.4 Å². The summed E-state index contributed by atoms with van der Waals surface area (Å²) in [4.78, 5) is 12.6. The van der Waals surface area contributed by atoms with Crippen LogP contribution in [0.3, 0.4) is 0 Å². The molecule has 0 aliphatic carbocycles. The number of hydrogen-bond acceptors (Lipinski definition) is 6. The second kappa shape index (κ2) is 6.20. The lowest BCUT2D eigenvalue weighted by atomic mass is 10.1. The van der Waals surface area contributed by atoms with Gasteiger partial charge >= 0.3 is 5.97 Å². The summed E-state index contributed by atoms with van der Waals surface area (Å²) in [6.45, 7) is 1.83. The van der Waals surface area contributed by atoms with Crippen LogP contribution in [0.1, 0.15) is 21.8 Å². The molecule has 124 valence electrons. The van der Waals surface area contributed by atoms with E-state index in [-0.39, 0.29) is 6.61 Å². The highest BCUT2D eigenvalue weighted by molar-refractivity contribution is 5.96. The Morgan fingerprint density at radius 3 is 2.88 bits per heavy atom. The van der Waals surface area contributed by atoms with Gasteiger partial charge in [-0.1, -0.05) is 30.3 Å². The molecule has 2 heterocycles. The van der Waals surface area contributed by atoms with Crippen molar-refractivity contribution in [3.05, 3.63) is 65.7 Å². The van der Waals surface area contributed by atoms with Crippen molar-refractivity contribution >= 4 is 16.9 Å². The highest BCUT2D eigenvalue weighted by Crippen LogP contribution is 2.24. The minimum absolute atomic E-state index is 0.134. The molecule has 4 aromatic rings. The molecule has 0 saturated carbocycles. The minimum atomic E-state index is -0.456. The second-order valence-electron chi connectivity index (χ2n) is 5.50. The van der Waals surface area contributed by atoms with Gasteiger partial charge in [-0.15, -0.1) is 10.2 Å². The van der Waals surface area contributed by atoms with Crippen LogP contribution in [0.5, 0.6) is 0 Å². The number of rotatable bonds is 4. The molecule has 2 aromatic carbocycles. The summed E-state index contributed by atoms with van der Waals surface area (Å²) in [5.41, 5.74) is 2.64. The van der Waals surface area contributed by atoms with E-state index in [1.165, 1.54) is 0 Å². The summed E-state index contributed by atoms with van der Waals surface area (Å²) >= 11 is 0. The highest BCUT2D eigenvalue weighted by Gasteiger charge is 2.18. The third-order valence-corrected chi connectivity index (χ3v) is 3.83. The van der Waals surface area contributed by atoms with Gasteiger partial charge in [-0.2, -0.15) is 5.10 Å². The van der Waals surface area contributed by atoms with Crippen molar-refractivity contribution in [3.8, 4) is 11.5 Å². The summed E-state index contributed by atoms with van der Waals surface area (Å²) in [5, 5.41) is 15.7. The Hall–Kier alpha value is -3.48. The molecule has 0 radical (unpaired) electrons. The van der Waals surface area contributed by atoms with Crippen LogP contribution in [0, 0.1) is 6.92 Å². The third kappa shape index (κ3) is 2.87. The predicted molar refractivity (Wildman–Crippen MR) is 89.7 cm³/mol. The number of ether oxygens (including phenoxy) is 1. The minimum Gasteiger partial charge on any atom is -0.457 e. The summed E-state index contributed by atoms with van der Waals surface area (Å²) in [5.74, 6) is 0.271. The molecule has 0 spiro atoms. The van der Waals surface area contributed by atoms with Gasteiger partial charge in [-0.05, 0) is 12.1 Å². The van der Waals surface area contributed by atoms with E-state index >= 15 is 0 Å². The van der Waals surface area contributed by atoms with Gasteiger partial charge < -0.3 is 9.15 Å². The molecule has 25 heavy (non-hydrogen) atoms. The first-order valence-corrected chi connectivity index (χ1v) is 7.70. The molecule has 0 aliphatic heterocycles. The van der Waals surface area contributed by atoms with E-state index in [1.807, 2.05) is 18.2 Å². The standard InChI is InChI=1S/C18H14N4O3/c1-11-20-22-17(25-11)14-7-2-3-8-15(14)18(23)24-10-13-6-4-5-12-9-19-21-16(12)13/h2-9H,10H2,1H3,(H,19,21). The van der Waals surface area contributed by atoms with Crippen molar-refractivity contribution in [2.24, 2.45) is 0 Å². The molecule has 0 amide bonds. The quantitative estimate of drug-likeness (QED) is 0.576. The average molecular weight is 334 g/mol. The van der Waals surface area contributed by atoms with Gasteiger partial charge in [0, 0.05) is 17.9 Å². The van der Waals surface area contributed by atoms with Crippen LogP contribution in [0.25, 0.3) is 22.4 Å². The number of H-pyrrole nitrogens is 1. The average Bonchev–Trinajstić information content (AvgIpc) is 3.28. The number of esters is 1. The SMILES string of the molecule is Cc1nnc(-c2ccccc2C(=O)OCc2cccc3cn[nH]c23)o1. The van der Waals surface area contributed by atoms with Crippen LogP contribution in [0.15, 0.2) is 53.1 Å². The van der Waals surface area contributed by atoms with Crippen molar-refractivity contribution in [1.82, 2.24) is 20.4 Å². The second-order valence-corrected chi connectivity index (χ2v) is 5.50. The molecule has 0 atom stereocenters. The van der Waals surface area contributed by atoms with Crippen molar-refractivity contribution < 1.29 is 13.9 Å². The maximum absolute atomic E-state index is 12.6. The third-order valence-electron chi connectivity index (χ3n) is 3.83. The molecule has 0 aliphatic rings. The fourth-order valence-electron chi connectivity index (χ4n) is 2.62. The first-order valence-electron chi connectivity index (χ1n) is 7.70.